The summed E-state index contributed by atoms with van der Waals surface area (Å²) in [6.45, 7) is 5.76. The van der Waals surface area contributed by atoms with E-state index >= 15 is 0 Å². The number of rotatable bonds is 8. The van der Waals surface area contributed by atoms with Gasteiger partial charge >= 0.3 is 0 Å². The van der Waals surface area contributed by atoms with Crippen molar-refractivity contribution in [3.63, 3.8) is 0 Å². The molecule has 0 aliphatic heterocycles. The second-order valence-corrected chi connectivity index (χ2v) is 4.51. The van der Waals surface area contributed by atoms with Crippen LogP contribution in [0.25, 0.3) is 6.08 Å². The molecular formula is C18H20O2. The molecule has 0 atom stereocenters. The summed E-state index contributed by atoms with van der Waals surface area (Å²) in [7, 11) is 0. The van der Waals surface area contributed by atoms with Gasteiger partial charge in [-0.05, 0) is 23.3 Å². The van der Waals surface area contributed by atoms with Gasteiger partial charge in [0.2, 0.25) is 0 Å². The van der Waals surface area contributed by atoms with Crippen LogP contribution in [-0.2, 0) is 11.3 Å². The number of hydrogen-bond donors (Lipinski definition) is 0. The van der Waals surface area contributed by atoms with E-state index in [1.54, 1.807) is 0 Å². The molecule has 0 amide bonds. The Morgan fingerprint density at radius 1 is 0.900 bits per heavy atom. The Morgan fingerprint density at radius 2 is 1.65 bits per heavy atom. The van der Waals surface area contributed by atoms with Gasteiger partial charge in [0.05, 0.1) is 19.8 Å². The van der Waals surface area contributed by atoms with Gasteiger partial charge in [-0.1, -0.05) is 55.1 Å². The minimum Gasteiger partial charge on any atom is -0.494 e. The molecule has 0 radical (unpaired) electrons. The van der Waals surface area contributed by atoms with Crippen molar-refractivity contribution in [2.75, 3.05) is 13.2 Å². The molecule has 2 aromatic carbocycles. The summed E-state index contributed by atoms with van der Waals surface area (Å²) in [5.41, 5.74) is 2.30. The van der Waals surface area contributed by atoms with E-state index in [1.165, 1.54) is 5.56 Å². The first-order chi connectivity index (χ1) is 9.88. The molecule has 0 spiro atoms. The van der Waals surface area contributed by atoms with E-state index in [-0.39, 0.29) is 0 Å². The summed E-state index contributed by atoms with van der Waals surface area (Å²) in [5, 5.41) is 0. The maximum atomic E-state index is 5.64. The van der Waals surface area contributed by atoms with E-state index in [9.17, 15) is 0 Å². The first-order valence-electron chi connectivity index (χ1n) is 6.85. The van der Waals surface area contributed by atoms with Crippen LogP contribution in [-0.4, -0.2) is 13.2 Å². The number of hydrogen-bond acceptors (Lipinski definition) is 2. The molecule has 2 nitrogen and oxygen atoms in total. The SMILES string of the molecule is C=Cc1ccc(OCCCOCc2ccccc2)cc1. The largest absolute Gasteiger partial charge is 0.494 e. The van der Waals surface area contributed by atoms with Crippen molar-refractivity contribution in [2.24, 2.45) is 0 Å². The molecular weight excluding hydrogens is 248 g/mol. The molecule has 0 unspecified atom stereocenters. The van der Waals surface area contributed by atoms with Crippen LogP contribution in [0.5, 0.6) is 5.75 Å². The predicted octanol–water partition coefficient (Wildman–Crippen LogP) is 4.32. The van der Waals surface area contributed by atoms with Gasteiger partial charge < -0.3 is 9.47 Å². The predicted molar refractivity (Wildman–Crippen MR) is 82.7 cm³/mol. The van der Waals surface area contributed by atoms with Crippen molar-refractivity contribution in [2.45, 2.75) is 13.0 Å². The highest BCUT2D eigenvalue weighted by molar-refractivity contribution is 5.48. The number of ether oxygens (including phenoxy) is 2. The maximum absolute atomic E-state index is 5.64. The summed E-state index contributed by atoms with van der Waals surface area (Å²) in [5.74, 6) is 0.888. The molecule has 0 heterocycles. The van der Waals surface area contributed by atoms with Crippen LogP contribution in [0.4, 0.5) is 0 Å². The van der Waals surface area contributed by atoms with E-state index in [0.717, 1.165) is 17.7 Å². The summed E-state index contributed by atoms with van der Waals surface area (Å²) >= 11 is 0. The highest BCUT2D eigenvalue weighted by atomic mass is 16.5. The second-order valence-electron chi connectivity index (χ2n) is 4.51. The normalized spacial score (nSPS) is 10.2. The van der Waals surface area contributed by atoms with Gasteiger partial charge in [0.15, 0.2) is 0 Å². The lowest BCUT2D eigenvalue weighted by Crippen LogP contribution is -2.03. The Kier molecular flexibility index (Phi) is 5.87. The highest BCUT2D eigenvalue weighted by Crippen LogP contribution is 2.13. The molecule has 2 aromatic rings. The second kappa shape index (κ2) is 8.18. The summed E-state index contributed by atoms with van der Waals surface area (Å²) < 4.78 is 11.2. The third-order valence-corrected chi connectivity index (χ3v) is 2.93. The standard InChI is InChI=1S/C18H20O2/c1-2-16-9-11-18(12-10-16)20-14-6-13-19-15-17-7-4-3-5-8-17/h2-5,7-12H,1,6,13-15H2. The van der Waals surface area contributed by atoms with Crippen molar-refractivity contribution in [3.8, 4) is 5.75 Å². The first kappa shape index (κ1) is 14.4. The average Bonchev–Trinajstić information content (AvgIpc) is 2.52. The van der Waals surface area contributed by atoms with Crippen LogP contribution in [0.3, 0.4) is 0 Å². The Bertz CT molecular complexity index is 503. The van der Waals surface area contributed by atoms with Crippen molar-refractivity contribution < 1.29 is 9.47 Å². The zero-order valence-corrected chi connectivity index (χ0v) is 11.6. The van der Waals surface area contributed by atoms with Crippen molar-refractivity contribution in [3.05, 3.63) is 72.3 Å². The summed E-state index contributed by atoms with van der Waals surface area (Å²) in [4.78, 5) is 0. The molecule has 0 bridgehead atoms. The molecule has 0 saturated carbocycles. The van der Waals surface area contributed by atoms with E-state index in [1.807, 2.05) is 48.5 Å². The van der Waals surface area contributed by atoms with Crippen LogP contribution < -0.4 is 4.74 Å². The smallest absolute Gasteiger partial charge is 0.119 e. The van der Waals surface area contributed by atoms with Crippen LogP contribution in [0.15, 0.2) is 61.2 Å². The van der Waals surface area contributed by atoms with Crippen LogP contribution in [0.1, 0.15) is 17.5 Å². The monoisotopic (exact) mass is 268 g/mol. The zero-order chi connectivity index (χ0) is 14.0. The van der Waals surface area contributed by atoms with Gasteiger partial charge in [-0.3, -0.25) is 0 Å². The maximum Gasteiger partial charge on any atom is 0.119 e. The molecule has 20 heavy (non-hydrogen) atoms. The highest BCUT2D eigenvalue weighted by Gasteiger charge is 1.95. The van der Waals surface area contributed by atoms with Gasteiger partial charge in [-0.25, -0.2) is 0 Å². The molecule has 2 heteroatoms. The molecule has 2 rings (SSSR count). The Morgan fingerprint density at radius 3 is 2.35 bits per heavy atom. The molecule has 0 aromatic heterocycles. The average molecular weight is 268 g/mol. The van der Waals surface area contributed by atoms with Crippen LogP contribution in [0, 0.1) is 0 Å². The lowest BCUT2D eigenvalue weighted by Gasteiger charge is -2.07. The van der Waals surface area contributed by atoms with E-state index in [0.29, 0.717) is 19.8 Å². The van der Waals surface area contributed by atoms with Gasteiger partial charge in [-0.15, -0.1) is 0 Å². The van der Waals surface area contributed by atoms with Crippen LogP contribution in [0.2, 0.25) is 0 Å². The fourth-order valence-electron chi connectivity index (χ4n) is 1.82. The van der Waals surface area contributed by atoms with E-state index in [2.05, 4.69) is 18.7 Å². The zero-order valence-electron chi connectivity index (χ0n) is 11.6. The van der Waals surface area contributed by atoms with E-state index < -0.39 is 0 Å². The number of benzene rings is 2. The lowest BCUT2D eigenvalue weighted by atomic mass is 10.2. The van der Waals surface area contributed by atoms with Gasteiger partial charge in [-0.2, -0.15) is 0 Å². The molecule has 0 N–H and O–H groups in total. The van der Waals surface area contributed by atoms with Crippen molar-refractivity contribution in [1.82, 2.24) is 0 Å². The van der Waals surface area contributed by atoms with Gasteiger partial charge in [0, 0.05) is 6.42 Å². The van der Waals surface area contributed by atoms with Crippen LogP contribution >= 0.6 is 0 Å². The summed E-state index contributed by atoms with van der Waals surface area (Å²) in [6, 6.07) is 18.1. The van der Waals surface area contributed by atoms with Gasteiger partial charge in [0.1, 0.15) is 5.75 Å². The third kappa shape index (κ3) is 4.90. The Hall–Kier alpha value is -2.06. The Balaban J connectivity index is 1.58. The molecule has 104 valence electrons. The fraction of sp³-hybridized carbons (Fsp3) is 0.222. The minimum absolute atomic E-state index is 0.662. The van der Waals surface area contributed by atoms with Crippen molar-refractivity contribution >= 4 is 6.08 Å². The molecule has 0 aliphatic rings. The molecule has 0 aliphatic carbocycles. The topological polar surface area (TPSA) is 18.5 Å². The fourth-order valence-corrected chi connectivity index (χ4v) is 1.82. The minimum atomic E-state index is 0.662. The van der Waals surface area contributed by atoms with Gasteiger partial charge in [0.25, 0.3) is 0 Å². The Labute approximate surface area is 120 Å². The molecule has 0 fully saturated rings. The third-order valence-electron chi connectivity index (χ3n) is 2.93. The quantitative estimate of drug-likeness (QED) is 0.664. The first-order valence-corrected chi connectivity index (χ1v) is 6.85. The molecule has 0 saturated heterocycles. The lowest BCUT2D eigenvalue weighted by molar-refractivity contribution is 0.107. The van der Waals surface area contributed by atoms with Crippen molar-refractivity contribution in [1.29, 1.82) is 0 Å². The van der Waals surface area contributed by atoms with E-state index in [4.69, 9.17) is 9.47 Å². The summed E-state index contributed by atoms with van der Waals surface area (Å²) in [6.07, 6.45) is 2.71.